The standard InChI is InChI=1S/C24H27N3O/c1-26-18-24(15-22(23(26)28)21-5-3-2-4-6-21)11-13-27(14-12-24)17-20-9-7-19(16-25)8-10-20/h2-10,22H,11-15,17-18H2,1H3. The number of nitriles is 1. The number of hydrogen-bond donors (Lipinski definition) is 0. The second-order valence-corrected chi connectivity index (χ2v) is 8.45. The van der Waals surface area contributed by atoms with E-state index in [1.807, 2.05) is 42.3 Å². The molecule has 2 saturated heterocycles. The first-order valence-corrected chi connectivity index (χ1v) is 10.1. The number of benzene rings is 2. The van der Waals surface area contributed by atoms with E-state index in [2.05, 4.69) is 35.2 Å². The van der Waals surface area contributed by atoms with E-state index >= 15 is 0 Å². The van der Waals surface area contributed by atoms with Crippen LogP contribution in [0.3, 0.4) is 0 Å². The quantitative estimate of drug-likeness (QED) is 0.822. The number of amides is 1. The third-order valence-electron chi connectivity index (χ3n) is 6.49. The number of carbonyl (C=O) groups is 1. The molecule has 1 amide bonds. The summed E-state index contributed by atoms with van der Waals surface area (Å²) in [7, 11) is 1.96. The Morgan fingerprint density at radius 3 is 2.39 bits per heavy atom. The zero-order chi connectivity index (χ0) is 19.6. The average Bonchev–Trinajstić information content (AvgIpc) is 2.74. The van der Waals surface area contributed by atoms with E-state index in [4.69, 9.17) is 5.26 Å². The van der Waals surface area contributed by atoms with Gasteiger partial charge in [-0.05, 0) is 61.0 Å². The molecule has 144 valence electrons. The molecular weight excluding hydrogens is 346 g/mol. The fraction of sp³-hybridized carbons (Fsp3) is 0.417. The fourth-order valence-corrected chi connectivity index (χ4v) is 4.87. The number of piperidine rings is 2. The molecule has 1 atom stereocenters. The molecule has 0 saturated carbocycles. The normalized spacial score (nSPS) is 22.2. The van der Waals surface area contributed by atoms with Gasteiger partial charge in [-0.2, -0.15) is 5.26 Å². The lowest BCUT2D eigenvalue weighted by atomic mass is 9.67. The number of likely N-dealkylation sites (tertiary alicyclic amines) is 2. The van der Waals surface area contributed by atoms with Gasteiger partial charge in [-0.1, -0.05) is 42.5 Å². The molecule has 4 rings (SSSR count). The maximum atomic E-state index is 12.8. The summed E-state index contributed by atoms with van der Waals surface area (Å²) in [4.78, 5) is 17.3. The molecule has 2 aliphatic rings. The van der Waals surface area contributed by atoms with Crippen LogP contribution in [-0.4, -0.2) is 42.4 Å². The van der Waals surface area contributed by atoms with Crippen molar-refractivity contribution >= 4 is 5.91 Å². The fourth-order valence-electron chi connectivity index (χ4n) is 4.87. The first-order valence-electron chi connectivity index (χ1n) is 10.1. The monoisotopic (exact) mass is 373 g/mol. The largest absolute Gasteiger partial charge is 0.345 e. The Morgan fingerprint density at radius 2 is 1.75 bits per heavy atom. The molecule has 1 unspecified atom stereocenters. The van der Waals surface area contributed by atoms with Gasteiger partial charge in [0.05, 0.1) is 17.6 Å². The molecule has 4 heteroatoms. The average molecular weight is 374 g/mol. The van der Waals surface area contributed by atoms with Gasteiger partial charge >= 0.3 is 0 Å². The van der Waals surface area contributed by atoms with Crippen LogP contribution in [0.15, 0.2) is 54.6 Å². The molecule has 28 heavy (non-hydrogen) atoms. The lowest BCUT2D eigenvalue weighted by molar-refractivity contribution is -0.139. The smallest absolute Gasteiger partial charge is 0.229 e. The maximum absolute atomic E-state index is 12.8. The summed E-state index contributed by atoms with van der Waals surface area (Å²) >= 11 is 0. The lowest BCUT2D eigenvalue weighted by Gasteiger charge is -2.49. The lowest BCUT2D eigenvalue weighted by Crippen LogP contribution is -2.52. The van der Waals surface area contributed by atoms with Gasteiger partial charge in [0, 0.05) is 20.1 Å². The Kier molecular flexibility index (Phi) is 5.19. The van der Waals surface area contributed by atoms with Crippen LogP contribution in [0.1, 0.15) is 41.9 Å². The van der Waals surface area contributed by atoms with Crippen LogP contribution in [0.4, 0.5) is 0 Å². The minimum atomic E-state index is -0.00924. The van der Waals surface area contributed by atoms with E-state index in [0.29, 0.717) is 5.56 Å². The molecule has 2 aliphatic heterocycles. The predicted molar refractivity (Wildman–Crippen MR) is 110 cm³/mol. The minimum absolute atomic E-state index is 0.00924. The highest BCUT2D eigenvalue weighted by Gasteiger charge is 2.44. The van der Waals surface area contributed by atoms with E-state index in [1.54, 1.807) is 0 Å². The van der Waals surface area contributed by atoms with Gasteiger partial charge in [0.25, 0.3) is 0 Å². The summed E-state index contributed by atoms with van der Waals surface area (Å²) in [6, 6.07) is 20.3. The van der Waals surface area contributed by atoms with E-state index in [1.165, 1.54) is 5.56 Å². The molecular formula is C24H27N3O. The van der Waals surface area contributed by atoms with Gasteiger partial charge in [0.1, 0.15) is 0 Å². The van der Waals surface area contributed by atoms with Gasteiger partial charge in [0.15, 0.2) is 0 Å². The highest BCUT2D eigenvalue weighted by molar-refractivity contribution is 5.84. The summed E-state index contributed by atoms with van der Waals surface area (Å²) in [5.74, 6) is 0.252. The Hall–Kier alpha value is -2.64. The van der Waals surface area contributed by atoms with Crippen molar-refractivity contribution in [1.29, 1.82) is 5.26 Å². The zero-order valence-corrected chi connectivity index (χ0v) is 16.5. The van der Waals surface area contributed by atoms with Crippen molar-refractivity contribution in [3.05, 3.63) is 71.3 Å². The van der Waals surface area contributed by atoms with Crippen LogP contribution in [0.2, 0.25) is 0 Å². The number of nitrogens with zero attached hydrogens (tertiary/aromatic N) is 3. The molecule has 0 bridgehead atoms. The summed E-state index contributed by atoms with van der Waals surface area (Å²) < 4.78 is 0. The van der Waals surface area contributed by atoms with Crippen molar-refractivity contribution < 1.29 is 4.79 Å². The molecule has 2 fully saturated rings. The van der Waals surface area contributed by atoms with Crippen LogP contribution < -0.4 is 0 Å². The van der Waals surface area contributed by atoms with Gasteiger partial charge < -0.3 is 4.90 Å². The number of hydrogen-bond acceptors (Lipinski definition) is 3. The molecule has 2 aromatic rings. The molecule has 2 aromatic carbocycles. The Bertz CT molecular complexity index is 861. The first kappa shape index (κ1) is 18.7. The molecule has 1 spiro atoms. The van der Waals surface area contributed by atoms with E-state index in [-0.39, 0.29) is 17.2 Å². The van der Waals surface area contributed by atoms with Crippen molar-refractivity contribution in [2.45, 2.75) is 31.7 Å². The highest BCUT2D eigenvalue weighted by atomic mass is 16.2. The molecule has 4 nitrogen and oxygen atoms in total. The molecule has 0 aromatic heterocycles. The van der Waals surface area contributed by atoms with Crippen LogP contribution in [0.25, 0.3) is 0 Å². The highest BCUT2D eigenvalue weighted by Crippen LogP contribution is 2.45. The molecule has 2 heterocycles. The van der Waals surface area contributed by atoms with Crippen molar-refractivity contribution in [2.24, 2.45) is 5.41 Å². The van der Waals surface area contributed by atoms with E-state index in [9.17, 15) is 4.79 Å². The van der Waals surface area contributed by atoms with Crippen molar-refractivity contribution in [1.82, 2.24) is 9.80 Å². The van der Waals surface area contributed by atoms with Crippen LogP contribution in [-0.2, 0) is 11.3 Å². The molecule has 0 N–H and O–H groups in total. The zero-order valence-electron chi connectivity index (χ0n) is 16.5. The van der Waals surface area contributed by atoms with Crippen molar-refractivity contribution in [2.75, 3.05) is 26.7 Å². The maximum Gasteiger partial charge on any atom is 0.229 e. The van der Waals surface area contributed by atoms with Crippen molar-refractivity contribution in [3.8, 4) is 6.07 Å². The van der Waals surface area contributed by atoms with Crippen LogP contribution in [0, 0.1) is 16.7 Å². The van der Waals surface area contributed by atoms with Crippen molar-refractivity contribution in [3.63, 3.8) is 0 Å². The Morgan fingerprint density at radius 1 is 1.07 bits per heavy atom. The summed E-state index contributed by atoms with van der Waals surface area (Å²) in [6.45, 7) is 3.92. The second-order valence-electron chi connectivity index (χ2n) is 8.45. The summed E-state index contributed by atoms with van der Waals surface area (Å²) in [6.07, 6.45) is 3.22. The predicted octanol–water partition coefficient (Wildman–Crippen LogP) is 3.79. The van der Waals surface area contributed by atoms with Gasteiger partial charge in [-0.15, -0.1) is 0 Å². The van der Waals surface area contributed by atoms with Gasteiger partial charge in [-0.3, -0.25) is 9.69 Å². The van der Waals surface area contributed by atoms with E-state index in [0.717, 1.165) is 51.0 Å². The summed E-state index contributed by atoms with van der Waals surface area (Å²) in [5, 5.41) is 8.95. The molecule has 0 radical (unpaired) electrons. The van der Waals surface area contributed by atoms with Crippen LogP contribution >= 0.6 is 0 Å². The second kappa shape index (κ2) is 7.77. The number of likely N-dealkylation sites (N-methyl/N-ethyl adjacent to an activating group) is 1. The number of rotatable bonds is 3. The third kappa shape index (κ3) is 3.81. The topological polar surface area (TPSA) is 47.3 Å². The molecule has 0 aliphatic carbocycles. The first-order chi connectivity index (χ1) is 13.6. The van der Waals surface area contributed by atoms with E-state index < -0.39 is 0 Å². The number of carbonyl (C=O) groups excluding carboxylic acids is 1. The van der Waals surface area contributed by atoms with Crippen LogP contribution in [0.5, 0.6) is 0 Å². The SMILES string of the molecule is CN1CC2(CCN(Cc3ccc(C#N)cc3)CC2)CC(c2ccccc2)C1=O. The van der Waals surface area contributed by atoms with Gasteiger partial charge in [-0.25, -0.2) is 0 Å². The Balaban J connectivity index is 1.42. The summed E-state index contributed by atoms with van der Waals surface area (Å²) in [5.41, 5.74) is 3.35. The third-order valence-corrected chi connectivity index (χ3v) is 6.49. The minimum Gasteiger partial charge on any atom is -0.345 e. The Labute approximate surface area is 167 Å². The van der Waals surface area contributed by atoms with Gasteiger partial charge in [0.2, 0.25) is 5.91 Å².